The van der Waals surface area contributed by atoms with Crippen molar-refractivity contribution in [2.45, 2.75) is 32.2 Å². The molecule has 206 valence electrons. The molecule has 1 heterocycles. The van der Waals surface area contributed by atoms with Gasteiger partial charge in [-0.1, -0.05) is 91.0 Å². The van der Waals surface area contributed by atoms with Crippen LogP contribution in [0.4, 0.5) is 0 Å². The number of rotatable bonds is 9. The Kier molecular flexibility index (Phi) is 7.54. The van der Waals surface area contributed by atoms with Crippen LogP contribution in [-0.2, 0) is 24.2 Å². The fourth-order valence-corrected chi connectivity index (χ4v) is 6.00. The number of ether oxygens (including phenoxy) is 1. The predicted molar refractivity (Wildman–Crippen MR) is 161 cm³/mol. The Morgan fingerprint density at radius 1 is 0.805 bits per heavy atom. The summed E-state index contributed by atoms with van der Waals surface area (Å²) in [4.78, 5) is 25.3. The van der Waals surface area contributed by atoms with E-state index in [9.17, 15) is 9.59 Å². The summed E-state index contributed by atoms with van der Waals surface area (Å²) >= 11 is 0. The number of benzene rings is 4. The average molecular weight is 545 g/mol. The first-order valence-corrected chi connectivity index (χ1v) is 14.1. The molecule has 0 radical (unpaired) electrons. The van der Waals surface area contributed by atoms with E-state index in [2.05, 4.69) is 30.3 Å². The van der Waals surface area contributed by atoms with Gasteiger partial charge in [-0.2, -0.15) is 0 Å². The van der Waals surface area contributed by atoms with Crippen molar-refractivity contribution in [3.63, 3.8) is 0 Å². The van der Waals surface area contributed by atoms with Crippen LogP contribution in [0, 0.1) is 5.92 Å². The molecule has 0 fully saturated rings. The van der Waals surface area contributed by atoms with Crippen molar-refractivity contribution >= 4 is 5.97 Å². The molecule has 1 aliphatic carbocycles. The van der Waals surface area contributed by atoms with Crippen molar-refractivity contribution in [3.05, 3.63) is 131 Å². The van der Waals surface area contributed by atoms with Crippen molar-refractivity contribution in [2.24, 2.45) is 5.92 Å². The van der Waals surface area contributed by atoms with Crippen molar-refractivity contribution in [3.8, 4) is 34.0 Å². The lowest BCUT2D eigenvalue weighted by atomic mass is 9.82. The fourth-order valence-electron chi connectivity index (χ4n) is 6.00. The van der Waals surface area contributed by atoms with Crippen molar-refractivity contribution in [1.82, 2.24) is 9.13 Å². The molecule has 6 nitrogen and oxygen atoms in total. The zero-order valence-electron chi connectivity index (χ0n) is 22.8. The summed E-state index contributed by atoms with van der Waals surface area (Å²) in [5.74, 6) is 0.0830. The number of fused-ring (bicyclic) bond motifs is 1. The largest absolute Gasteiger partial charge is 0.482 e. The summed E-state index contributed by atoms with van der Waals surface area (Å²) in [6.45, 7) is 0.255. The highest BCUT2D eigenvalue weighted by atomic mass is 16.5. The number of imidazole rings is 1. The first-order chi connectivity index (χ1) is 20.1. The van der Waals surface area contributed by atoms with Gasteiger partial charge in [-0.3, -0.25) is 9.13 Å². The number of carbonyl (C=O) groups is 1. The minimum absolute atomic E-state index is 0.0468. The second kappa shape index (κ2) is 11.7. The summed E-state index contributed by atoms with van der Waals surface area (Å²) in [6.07, 6.45) is 3.52. The molecular formula is C35H32N2O4. The Balaban J connectivity index is 1.37. The van der Waals surface area contributed by atoms with Crippen LogP contribution >= 0.6 is 0 Å². The van der Waals surface area contributed by atoms with Crippen LogP contribution in [0.15, 0.2) is 114 Å². The molecule has 6 rings (SSSR count). The number of nitrogens with zero attached hydrogens (tertiary/aromatic N) is 2. The maximum Gasteiger partial charge on any atom is 0.341 e. The first-order valence-electron chi connectivity index (χ1n) is 14.1. The third-order valence-electron chi connectivity index (χ3n) is 7.90. The lowest BCUT2D eigenvalue weighted by Crippen LogP contribution is -2.26. The van der Waals surface area contributed by atoms with E-state index in [4.69, 9.17) is 9.84 Å². The zero-order valence-corrected chi connectivity index (χ0v) is 22.8. The molecule has 4 aromatic carbocycles. The number of para-hydroxylation sites is 1. The van der Waals surface area contributed by atoms with Gasteiger partial charge in [-0.05, 0) is 60.9 Å². The van der Waals surface area contributed by atoms with Crippen LogP contribution in [-0.4, -0.2) is 26.8 Å². The quantitative estimate of drug-likeness (QED) is 0.226. The maximum atomic E-state index is 14.3. The molecule has 0 saturated carbocycles. The molecule has 0 bridgehead atoms. The Bertz CT molecular complexity index is 1710. The number of aliphatic carboxylic acids is 1. The Labute approximate surface area is 239 Å². The standard InChI is InChI=1S/C35H32N2O4/c38-32(39)24-41-31-18-10-15-28-23-25(19-20-30(28)31)21-22-36-33(26-11-4-1-5-12-26)34(27-13-6-2-7-14-27)37(35(36)40)29-16-8-3-9-17-29/h1-18,25H,19-24H2,(H,38,39). The van der Waals surface area contributed by atoms with Gasteiger partial charge in [0, 0.05) is 17.7 Å². The summed E-state index contributed by atoms with van der Waals surface area (Å²) in [6, 6.07) is 36.0. The van der Waals surface area contributed by atoms with E-state index >= 15 is 0 Å². The number of hydrogen-bond acceptors (Lipinski definition) is 3. The molecule has 0 saturated heterocycles. The second-order valence-corrected chi connectivity index (χ2v) is 10.5. The molecule has 5 aromatic rings. The maximum absolute atomic E-state index is 14.3. The minimum Gasteiger partial charge on any atom is -0.482 e. The number of hydrogen-bond donors (Lipinski definition) is 1. The lowest BCUT2D eigenvalue weighted by molar-refractivity contribution is -0.139. The molecule has 1 unspecified atom stereocenters. The second-order valence-electron chi connectivity index (χ2n) is 10.5. The highest BCUT2D eigenvalue weighted by Gasteiger charge is 2.26. The Morgan fingerprint density at radius 3 is 2.10 bits per heavy atom. The molecule has 41 heavy (non-hydrogen) atoms. The van der Waals surface area contributed by atoms with Gasteiger partial charge in [0.25, 0.3) is 0 Å². The van der Waals surface area contributed by atoms with E-state index in [0.29, 0.717) is 18.2 Å². The highest BCUT2D eigenvalue weighted by Crippen LogP contribution is 2.36. The lowest BCUT2D eigenvalue weighted by Gasteiger charge is -2.26. The van der Waals surface area contributed by atoms with E-state index in [1.807, 2.05) is 88.0 Å². The van der Waals surface area contributed by atoms with Gasteiger partial charge in [-0.15, -0.1) is 0 Å². The van der Waals surface area contributed by atoms with Crippen LogP contribution in [0.2, 0.25) is 0 Å². The SMILES string of the molecule is O=C(O)COc1cccc2c1CCC(CCn1c(-c3ccccc3)c(-c3ccccc3)n(-c3ccccc3)c1=O)C2. The Hall–Kier alpha value is -4.84. The summed E-state index contributed by atoms with van der Waals surface area (Å²) < 4.78 is 9.36. The van der Waals surface area contributed by atoms with Gasteiger partial charge >= 0.3 is 11.7 Å². The van der Waals surface area contributed by atoms with Crippen molar-refractivity contribution in [2.75, 3.05) is 6.61 Å². The van der Waals surface area contributed by atoms with E-state index in [-0.39, 0.29) is 12.3 Å². The van der Waals surface area contributed by atoms with Gasteiger partial charge in [0.05, 0.1) is 17.1 Å². The number of carboxylic acids is 1. The van der Waals surface area contributed by atoms with E-state index < -0.39 is 5.97 Å². The van der Waals surface area contributed by atoms with Gasteiger partial charge in [0.1, 0.15) is 5.75 Å². The smallest absolute Gasteiger partial charge is 0.341 e. The van der Waals surface area contributed by atoms with E-state index in [1.54, 1.807) is 0 Å². The van der Waals surface area contributed by atoms with Crippen LogP contribution in [0.3, 0.4) is 0 Å². The van der Waals surface area contributed by atoms with Gasteiger partial charge in [0.15, 0.2) is 6.61 Å². The molecule has 0 spiro atoms. The normalized spacial score (nSPS) is 14.4. The highest BCUT2D eigenvalue weighted by molar-refractivity contribution is 5.80. The van der Waals surface area contributed by atoms with Crippen molar-refractivity contribution in [1.29, 1.82) is 0 Å². The molecule has 1 aromatic heterocycles. The average Bonchev–Trinajstić information content (AvgIpc) is 3.31. The first kappa shape index (κ1) is 26.4. The molecule has 1 N–H and O–H groups in total. The minimum atomic E-state index is -0.978. The van der Waals surface area contributed by atoms with Gasteiger partial charge < -0.3 is 9.84 Å². The molecule has 0 aliphatic heterocycles. The molecule has 1 aliphatic rings. The number of carboxylic acid groups (broad SMARTS) is 1. The molecule has 0 amide bonds. The van der Waals surface area contributed by atoms with Crippen LogP contribution < -0.4 is 10.4 Å². The van der Waals surface area contributed by atoms with Crippen LogP contribution in [0.25, 0.3) is 28.2 Å². The van der Waals surface area contributed by atoms with E-state index in [1.165, 1.54) is 5.56 Å². The third kappa shape index (κ3) is 5.46. The van der Waals surface area contributed by atoms with Crippen LogP contribution in [0.1, 0.15) is 24.0 Å². The molecule has 6 heteroatoms. The summed E-state index contributed by atoms with van der Waals surface area (Å²) in [5, 5.41) is 9.04. The number of aromatic nitrogens is 2. The Morgan fingerprint density at radius 2 is 1.44 bits per heavy atom. The van der Waals surface area contributed by atoms with Gasteiger partial charge in [-0.25, -0.2) is 9.59 Å². The molecular weight excluding hydrogens is 512 g/mol. The summed E-state index contributed by atoms with van der Waals surface area (Å²) in [5.41, 5.74) is 6.91. The predicted octanol–water partition coefficient (Wildman–Crippen LogP) is 6.63. The monoisotopic (exact) mass is 544 g/mol. The summed E-state index contributed by atoms with van der Waals surface area (Å²) in [7, 11) is 0. The third-order valence-corrected chi connectivity index (χ3v) is 7.90. The van der Waals surface area contributed by atoms with Gasteiger partial charge in [0.2, 0.25) is 0 Å². The fraction of sp³-hybridized carbons (Fsp3) is 0.200. The topological polar surface area (TPSA) is 73.5 Å². The van der Waals surface area contributed by atoms with Crippen LogP contribution in [0.5, 0.6) is 5.75 Å². The van der Waals surface area contributed by atoms with Crippen molar-refractivity contribution < 1.29 is 14.6 Å². The molecule has 1 atom stereocenters. The van der Waals surface area contributed by atoms with E-state index in [0.717, 1.165) is 59.4 Å². The zero-order chi connectivity index (χ0) is 28.2.